The third-order valence-electron chi connectivity index (χ3n) is 3.89. The molecule has 0 amide bonds. The molecule has 1 aliphatic rings. The third kappa shape index (κ3) is 4.60. The lowest BCUT2D eigenvalue weighted by Gasteiger charge is -2.28. The molecule has 1 aliphatic heterocycles. The van der Waals surface area contributed by atoms with Crippen molar-refractivity contribution in [2.45, 2.75) is 20.3 Å². The lowest BCUT2D eigenvalue weighted by molar-refractivity contribution is 0.122. The molecule has 1 fully saturated rings. The Balaban J connectivity index is 2.13. The molecule has 1 aromatic rings. The molecule has 1 N–H and O–H groups in total. The normalized spacial score (nSPS) is 20.6. The van der Waals surface area contributed by atoms with Crippen molar-refractivity contribution in [1.82, 2.24) is 18.6 Å². The molecule has 1 atom stereocenters. The van der Waals surface area contributed by atoms with Gasteiger partial charge in [0.15, 0.2) is 0 Å². The second-order valence-electron chi connectivity index (χ2n) is 5.50. The van der Waals surface area contributed by atoms with Crippen molar-refractivity contribution >= 4 is 10.2 Å². The van der Waals surface area contributed by atoms with E-state index in [1.807, 2.05) is 13.8 Å². The van der Waals surface area contributed by atoms with Crippen molar-refractivity contribution in [2.75, 3.05) is 39.4 Å². The highest BCUT2D eigenvalue weighted by atomic mass is 32.2. The van der Waals surface area contributed by atoms with Gasteiger partial charge in [0.05, 0.1) is 19.5 Å². The van der Waals surface area contributed by atoms with Gasteiger partial charge in [0, 0.05) is 43.9 Å². The number of H-pyrrole nitrogens is 1. The molecule has 0 radical (unpaired) electrons. The van der Waals surface area contributed by atoms with Crippen molar-refractivity contribution < 1.29 is 13.2 Å². The first-order chi connectivity index (χ1) is 11.0. The molecule has 0 aromatic carbocycles. The summed E-state index contributed by atoms with van der Waals surface area (Å²) in [4.78, 5) is 18.0. The molecule has 0 spiro atoms. The van der Waals surface area contributed by atoms with Crippen molar-refractivity contribution in [1.29, 1.82) is 0 Å². The van der Waals surface area contributed by atoms with E-state index in [4.69, 9.17) is 4.74 Å². The van der Waals surface area contributed by atoms with Gasteiger partial charge in [0.2, 0.25) is 0 Å². The van der Waals surface area contributed by atoms with Crippen LogP contribution in [0, 0.1) is 5.92 Å². The van der Waals surface area contributed by atoms with Crippen LogP contribution in [-0.4, -0.2) is 66.4 Å². The van der Waals surface area contributed by atoms with Crippen molar-refractivity contribution in [3.05, 3.63) is 28.4 Å². The minimum atomic E-state index is -3.48. The van der Waals surface area contributed by atoms with Gasteiger partial charge >= 0.3 is 0 Å². The Labute approximate surface area is 136 Å². The fourth-order valence-electron chi connectivity index (χ4n) is 2.71. The van der Waals surface area contributed by atoms with Crippen LogP contribution in [0.5, 0.6) is 0 Å². The van der Waals surface area contributed by atoms with E-state index in [-0.39, 0.29) is 11.5 Å². The molecule has 23 heavy (non-hydrogen) atoms. The van der Waals surface area contributed by atoms with E-state index in [9.17, 15) is 13.2 Å². The summed E-state index contributed by atoms with van der Waals surface area (Å²) in [5, 5.41) is 0. The zero-order valence-electron chi connectivity index (χ0n) is 13.6. The monoisotopic (exact) mass is 344 g/mol. The van der Waals surface area contributed by atoms with Gasteiger partial charge < -0.3 is 9.72 Å². The molecule has 8 nitrogen and oxygen atoms in total. The number of rotatable bonds is 6. The van der Waals surface area contributed by atoms with Crippen molar-refractivity contribution in [3.8, 4) is 0 Å². The maximum atomic E-state index is 12.7. The number of nitrogens with one attached hydrogen (secondary N) is 1. The molecule has 9 heteroatoms. The standard InChI is InChI=1S/C14H24N4O4S/c1-3-17(4-2)23(20,21)18-5-6-22-10-12(9-18)7-13-8-14(19)16-11-15-13/h8,11-12H,3-7,9-10H2,1-2H3,(H,15,16,19)/t12-/m1/s1. The van der Waals surface area contributed by atoms with E-state index in [1.165, 1.54) is 21.0 Å². The number of hydrogen-bond acceptors (Lipinski definition) is 5. The second-order valence-corrected chi connectivity index (χ2v) is 7.43. The van der Waals surface area contributed by atoms with Gasteiger partial charge in [-0.15, -0.1) is 0 Å². The minimum absolute atomic E-state index is 0.0304. The molecule has 2 heterocycles. The maximum Gasteiger partial charge on any atom is 0.282 e. The highest BCUT2D eigenvalue weighted by Crippen LogP contribution is 2.17. The molecule has 130 valence electrons. The molecular weight excluding hydrogens is 320 g/mol. The maximum absolute atomic E-state index is 12.7. The van der Waals surface area contributed by atoms with Gasteiger partial charge in [-0.3, -0.25) is 4.79 Å². The minimum Gasteiger partial charge on any atom is -0.380 e. The Morgan fingerprint density at radius 2 is 2.17 bits per heavy atom. The molecule has 0 unspecified atom stereocenters. The Kier molecular flexibility index (Phi) is 6.28. The summed E-state index contributed by atoms with van der Waals surface area (Å²) in [7, 11) is -3.48. The summed E-state index contributed by atoms with van der Waals surface area (Å²) in [5.74, 6) is -0.0304. The average Bonchev–Trinajstić information content (AvgIpc) is 2.74. The van der Waals surface area contributed by atoms with E-state index in [0.29, 0.717) is 51.5 Å². The van der Waals surface area contributed by atoms with Crippen LogP contribution in [0.25, 0.3) is 0 Å². The molecule has 0 aliphatic carbocycles. The predicted octanol–water partition coefficient (Wildman–Crippen LogP) is -0.153. The Morgan fingerprint density at radius 3 is 2.83 bits per heavy atom. The number of aromatic amines is 1. The first-order valence-electron chi connectivity index (χ1n) is 7.84. The highest BCUT2D eigenvalue weighted by molar-refractivity contribution is 7.86. The molecule has 1 saturated heterocycles. The first-order valence-corrected chi connectivity index (χ1v) is 9.23. The van der Waals surface area contributed by atoms with Gasteiger partial charge in [0.25, 0.3) is 15.8 Å². The molecule has 1 aromatic heterocycles. The summed E-state index contributed by atoms with van der Waals surface area (Å²) in [6.45, 7) is 6.08. The van der Waals surface area contributed by atoms with E-state index in [1.54, 1.807) is 0 Å². The summed E-state index contributed by atoms with van der Waals surface area (Å²) in [6, 6.07) is 1.44. The van der Waals surface area contributed by atoms with Crippen LogP contribution >= 0.6 is 0 Å². The largest absolute Gasteiger partial charge is 0.380 e. The average molecular weight is 344 g/mol. The van der Waals surface area contributed by atoms with Crippen molar-refractivity contribution in [3.63, 3.8) is 0 Å². The fraction of sp³-hybridized carbons (Fsp3) is 0.714. The fourth-order valence-corrected chi connectivity index (χ4v) is 4.39. The summed E-state index contributed by atoms with van der Waals surface area (Å²) < 4.78 is 33.8. The van der Waals surface area contributed by atoms with Gasteiger partial charge in [0.1, 0.15) is 0 Å². The smallest absolute Gasteiger partial charge is 0.282 e. The zero-order valence-corrected chi connectivity index (χ0v) is 14.4. The van der Waals surface area contributed by atoms with Crippen LogP contribution in [0.3, 0.4) is 0 Å². The summed E-state index contributed by atoms with van der Waals surface area (Å²) in [5.41, 5.74) is 0.432. The number of nitrogens with zero attached hydrogens (tertiary/aromatic N) is 3. The number of aromatic nitrogens is 2. The van der Waals surface area contributed by atoms with E-state index < -0.39 is 10.2 Å². The first kappa shape index (κ1) is 18.1. The van der Waals surface area contributed by atoms with Gasteiger partial charge in [-0.25, -0.2) is 4.98 Å². The molecular formula is C14H24N4O4S. The summed E-state index contributed by atoms with van der Waals surface area (Å²) in [6.07, 6.45) is 1.87. The number of ether oxygens (including phenoxy) is 1. The van der Waals surface area contributed by atoms with E-state index in [2.05, 4.69) is 9.97 Å². The SMILES string of the molecule is CCN(CC)S(=O)(=O)N1CCOC[C@H](Cc2cc(=O)[nH]cn2)C1. The lowest BCUT2D eigenvalue weighted by Crippen LogP contribution is -2.46. The van der Waals surface area contributed by atoms with Crippen LogP contribution in [0.4, 0.5) is 0 Å². The number of hydrogen-bond donors (Lipinski definition) is 1. The van der Waals surface area contributed by atoms with Crippen LogP contribution in [0.2, 0.25) is 0 Å². The Hall–Kier alpha value is -1.29. The van der Waals surface area contributed by atoms with Crippen LogP contribution in [-0.2, 0) is 21.4 Å². The third-order valence-corrected chi connectivity index (χ3v) is 6.04. The highest BCUT2D eigenvalue weighted by Gasteiger charge is 2.31. The zero-order chi connectivity index (χ0) is 16.9. The van der Waals surface area contributed by atoms with Crippen molar-refractivity contribution in [2.24, 2.45) is 5.92 Å². The van der Waals surface area contributed by atoms with Crippen LogP contribution < -0.4 is 5.56 Å². The summed E-state index contributed by atoms with van der Waals surface area (Å²) >= 11 is 0. The Bertz CT molecular complexity index is 657. The lowest BCUT2D eigenvalue weighted by atomic mass is 10.0. The molecule has 0 bridgehead atoms. The quantitative estimate of drug-likeness (QED) is 0.774. The topological polar surface area (TPSA) is 95.6 Å². The predicted molar refractivity (Wildman–Crippen MR) is 86.3 cm³/mol. The van der Waals surface area contributed by atoms with Crippen LogP contribution in [0.15, 0.2) is 17.2 Å². The van der Waals surface area contributed by atoms with Crippen LogP contribution in [0.1, 0.15) is 19.5 Å². The van der Waals surface area contributed by atoms with Gasteiger partial charge in [-0.2, -0.15) is 17.0 Å². The van der Waals surface area contributed by atoms with E-state index >= 15 is 0 Å². The van der Waals surface area contributed by atoms with Gasteiger partial charge in [-0.1, -0.05) is 13.8 Å². The second kappa shape index (κ2) is 8.00. The van der Waals surface area contributed by atoms with E-state index in [0.717, 1.165) is 0 Å². The van der Waals surface area contributed by atoms with Gasteiger partial charge in [-0.05, 0) is 6.42 Å². The Morgan fingerprint density at radius 1 is 1.43 bits per heavy atom. The molecule has 2 rings (SSSR count). The molecule has 0 saturated carbocycles.